The van der Waals surface area contributed by atoms with E-state index < -0.39 is 0 Å². The van der Waals surface area contributed by atoms with Crippen LogP contribution in [0.2, 0.25) is 0 Å². The molecule has 0 saturated heterocycles. The highest BCUT2D eigenvalue weighted by atomic mass is 16.1. The number of hydrogen-bond acceptors (Lipinski definition) is 1. The molecule has 1 heteroatoms. The van der Waals surface area contributed by atoms with Crippen molar-refractivity contribution in [2.75, 3.05) is 0 Å². The van der Waals surface area contributed by atoms with Crippen LogP contribution < -0.4 is 0 Å². The van der Waals surface area contributed by atoms with Gasteiger partial charge in [0.25, 0.3) is 0 Å². The quantitative estimate of drug-likeness (QED) is 0.732. The summed E-state index contributed by atoms with van der Waals surface area (Å²) in [5.74, 6) is 1.61. The van der Waals surface area contributed by atoms with Gasteiger partial charge in [-0.25, -0.2) is 0 Å². The van der Waals surface area contributed by atoms with Gasteiger partial charge < -0.3 is 0 Å². The summed E-state index contributed by atoms with van der Waals surface area (Å²) in [5.41, 5.74) is 2.50. The van der Waals surface area contributed by atoms with Crippen LogP contribution in [0, 0.1) is 17.8 Å². The maximum atomic E-state index is 12.0. The number of Topliss-reactive ketones (excluding diaryl/α,β-unsaturated/α-hetero) is 1. The van der Waals surface area contributed by atoms with Crippen molar-refractivity contribution in [3.8, 4) is 0 Å². The van der Waals surface area contributed by atoms with E-state index in [0.717, 1.165) is 12.0 Å². The summed E-state index contributed by atoms with van der Waals surface area (Å²) in [5, 5.41) is 0. The van der Waals surface area contributed by atoms with Crippen LogP contribution >= 0.6 is 0 Å². The van der Waals surface area contributed by atoms with Crippen molar-refractivity contribution < 1.29 is 4.79 Å². The van der Waals surface area contributed by atoms with Gasteiger partial charge in [-0.1, -0.05) is 58.9 Å². The van der Waals surface area contributed by atoms with E-state index in [1.807, 2.05) is 6.92 Å². The van der Waals surface area contributed by atoms with Crippen LogP contribution in [-0.4, -0.2) is 5.78 Å². The lowest BCUT2D eigenvalue weighted by Crippen LogP contribution is -2.18. The van der Waals surface area contributed by atoms with Crippen LogP contribution in [0.25, 0.3) is 0 Å². The maximum Gasteiger partial charge on any atom is 0.140 e. The molecule has 100 valence electrons. The molecular weight excluding hydrogens is 220 g/mol. The molecule has 0 aliphatic rings. The first-order valence-electron chi connectivity index (χ1n) is 7.00. The standard InChI is InChI=1S/C17H26O/c1-12(2)10-15-6-8-16(9-7-15)11-17(18)14(5)13(3)4/h6-9,12-14H,10-11H2,1-5H3/t14-/m0/s1. The van der Waals surface area contributed by atoms with Crippen LogP contribution in [0.15, 0.2) is 24.3 Å². The molecule has 0 aromatic heterocycles. The van der Waals surface area contributed by atoms with Gasteiger partial charge in [0, 0.05) is 12.3 Å². The minimum Gasteiger partial charge on any atom is -0.299 e. The molecule has 1 aromatic carbocycles. The van der Waals surface area contributed by atoms with Crippen molar-refractivity contribution in [1.29, 1.82) is 0 Å². The second-order valence-corrected chi connectivity index (χ2v) is 6.09. The molecule has 1 nitrogen and oxygen atoms in total. The summed E-state index contributed by atoms with van der Waals surface area (Å²) in [6.07, 6.45) is 1.68. The number of carbonyl (C=O) groups excluding carboxylic acids is 1. The van der Waals surface area contributed by atoms with Crippen LogP contribution in [-0.2, 0) is 17.6 Å². The lowest BCUT2D eigenvalue weighted by atomic mass is 9.90. The third-order valence-corrected chi connectivity index (χ3v) is 3.55. The van der Waals surface area contributed by atoms with Gasteiger partial charge in [-0.2, -0.15) is 0 Å². The zero-order valence-corrected chi connectivity index (χ0v) is 12.4. The molecule has 0 aliphatic heterocycles. The minimum atomic E-state index is 0.153. The fourth-order valence-electron chi connectivity index (χ4n) is 2.00. The van der Waals surface area contributed by atoms with Gasteiger partial charge in [0.2, 0.25) is 0 Å². The SMILES string of the molecule is CC(C)Cc1ccc(CC(=O)[C@@H](C)C(C)C)cc1. The summed E-state index contributed by atoms with van der Waals surface area (Å²) in [4.78, 5) is 12.0. The first-order chi connectivity index (χ1) is 8.40. The fraction of sp³-hybridized carbons (Fsp3) is 0.588. The van der Waals surface area contributed by atoms with Gasteiger partial charge in [0.1, 0.15) is 5.78 Å². The third-order valence-electron chi connectivity index (χ3n) is 3.55. The number of hydrogen-bond donors (Lipinski definition) is 0. The summed E-state index contributed by atoms with van der Waals surface area (Å²) < 4.78 is 0. The smallest absolute Gasteiger partial charge is 0.140 e. The number of carbonyl (C=O) groups is 1. The first kappa shape index (κ1) is 14.9. The number of benzene rings is 1. The van der Waals surface area contributed by atoms with E-state index in [4.69, 9.17) is 0 Å². The van der Waals surface area contributed by atoms with E-state index in [0.29, 0.717) is 24.0 Å². The van der Waals surface area contributed by atoms with Crippen molar-refractivity contribution >= 4 is 5.78 Å². The molecule has 1 rings (SSSR count). The van der Waals surface area contributed by atoms with Crippen LogP contribution in [0.4, 0.5) is 0 Å². The molecule has 0 fully saturated rings. The zero-order chi connectivity index (χ0) is 13.7. The Hall–Kier alpha value is -1.11. The van der Waals surface area contributed by atoms with Gasteiger partial charge in [0.15, 0.2) is 0 Å². The molecule has 0 bridgehead atoms. The summed E-state index contributed by atoms with van der Waals surface area (Å²) in [6.45, 7) is 10.7. The Bertz CT molecular complexity index is 373. The fourth-order valence-corrected chi connectivity index (χ4v) is 2.00. The predicted octanol–water partition coefficient (Wildman–Crippen LogP) is 4.29. The second-order valence-electron chi connectivity index (χ2n) is 6.09. The van der Waals surface area contributed by atoms with E-state index in [9.17, 15) is 4.79 Å². The Morgan fingerprint density at radius 3 is 1.89 bits per heavy atom. The van der Waals surface area contributed by atoms with Gasteiger partial charge in [0.05, 0.1) is 0 Å². The second kappa shape index (κ2) is 6.72. The topological polar surface area (TPSA) is 17.1 Å². The van der Waals surface area contributed by atoms with Crippen LogP contribution in [0.3, 0.4) is 0 Å². The van der Waals surface area contributed by atoms with Gasteiger partial charge >= 0.3 is 0 Å². The van der Waals surface area contributed by atoms with Crippen molar-refractivity contribution in [1.82, 2.24) is 0 Å². The number of ketones is 1. The summed E-state index contributed by atoms with van der Waals surface area (Å²) in [6, 6.07) is 8.51. The van der Waals surface area contributed by atoms with Crippen molar-refractivity contribution in [3.05, 3.63) is 35.4 Å². The van der Waals surface area contributed by atoms with Crippen molar-refractivity contribution in [2.24, 2.45) is 17.8 Å². The molecule has 0 radical (unpaired) electrons. The lowest BCUT2D eigenvalue weighted by molar-refractivity contribution is -0.122. The van der Waals surface area contributed by atoms with Crippen molar-refractivity contribution in [2.45, 2.75) is 47.5 Å². The Kier molecular flexibility index (Phi) is 5.58. The molecular formula is C17H26O. The molecule has 1 atom stereocenters. The first-order valence-corrected chi connectivity index (χ1v) is 7.00. The molecule has 18 heavy (non-hydrogen) atoms. The van der Waals surface area contributed by atoms with Gasteiger partial charge in [-0.3, -0.25) is 4.79 Å². The van der Waals surface area contributed by atoms with E-state index in [1.54, 1.807) is 0 Å². The average Bonchev–Trinajstić information content (AvgIpc) is 2.29. The molecule has 0 saturated carbocycles. The molecule has 0 heterocycles. The Labute approximate surface area is 112 Å². The summed E-state index contributed by atoms with van der Waals surface area (Å²) in [7, 11) is 0. The summed E-state index contributed by atoms with van der Waals surface area (Å²) >= 11 is 0. The van der Waals surface area contributed by atoms with E-state index in [-0.39, 0.29) is 5.92 Å². The van der Waals surface area contributed by atoms with Crippen molar-refractivity contribution in [3.63, 3.8) is 0 Å². The van der Waals surface area contributed by atoms with E-state index >= 15 is 0 Å². The van der Waals surface area contributed by atoms with Crippen LogP contribution in [0.1, 0.15) is 45.7 Å². The Morgan fingerprint density at radius 1 is 0.944 bits per heavy atom. The normalized spacial score (nSPS) is 13.1. The van der Waals surface area contributed by atoms with Crippen LogP contribution in [0.5, 0.6) is 0 Å². The highest BCUT2D eigenvalue weighted by molar-refractivity contribution is 5.83. The molecule has 0 N–H and O–H groups in total. The van der Waals surface area contributed by atoms with Gasteiger partial charge in [-0.15, -0.1) is 0 Å². The molecule has 1 aromatic rings. The molecule has 0 aliphatic carbocycles. The predicted molar refractivity (Wildman–Crippen MR) is 77.7 cm³/mol. The molecule has 0 spiro atoms. The largest absolute Gasteiger partial charge is 0.299 e. The third kappa shape index (κ3) is 4.64. The number of rotatable bonds is 6. The lowest BCUT2D eigenvalue weighted by Gasteiger charge is -2.14. The molecule has 0 unspecified atom stereocenters. The van der Waals surface area contributed by atoms with Gasteiger partial charge in [-0.05, 0) is 29.4 Å². The monoisotopic (exact) mass is 246 g/mol. The highest BCUT2D eigenvalue weighted by Crippen LogP contribution is 2.15. The maximum absolute atomic E-state index is 12.0. The Morgan fingerprint density at radius 2 is 1.44 bits per heavy atom. The Balaban J connectivity index is 2.61. The molecule has 0 amide bonds. The minimum absolute atomic E-state index is 0.153. The van der Waals surface area contributed by atoms with E-state index in [1.165, 1.54) is 5.56 Å². The average molecular weight is 246 g/mol. The highest BCUT2D eigenvalue weighted by Gasteiger charge is 2.16. The zero-order valence-electron chi connectivity index (χ0n) is 12.4. The van der Waals surface area contributed by atoms with E-state index in [2.05, 4.69) is 52.0 Å².